The largest absolute Gasteiger partial charge is 0.355 e. The minimum atomic E-state index is -3.26. The Bertz CT molecular complexity index is 465. The molecule has 6 heteroatoms. The number of rotatable bonds is 4. The van der Waals surface area contributed by atoms with Crippen LogP contribution >= 0.6 is 0 Å². The fourth-order valence-corrected chi connectivity index (χ4v) is 1.96. The van der Waals surface area contributed by atoms with E-state index in [-0.39, 0.29) is 11.7 Å². The Morgan fingerprint density at radius 1 is 1.19 bits per heavy atom. The van der Waals surface area contributed by atoms with Crippen molar-refractivity contribution in [3.8, 4) is 0 Å². The quantitative estimate of drug-likeness (QED) is 0.786. The molecule has 1 aromatic carbocycles. The van der Waals surface area contributed by atoms with Crippen LogP contribution in [-0.2, 0) is 15.8 Å². The number of hydrogen-bond acceptors (Lipinski definition) is 3. The second kappa shape index (κ2) is 5.09. The Labute approximate surface area is 94.9 Å². The Morgan fingerprint density at radius 3 is 2.19 bits per heavy atom. The van der Waals surface area contributed by atoms with Gasteiger partial charge in [-0.15, -0.1) is 0 Å². The lowest BCUT2D eigenvalue weighted by Gasteiger charge is -2.04. The first kappa shape index (κ1) is 12.7. The van der Waals surface area contributed by atoms with Crippen LogP contribution in [0.2, 0.25) is 0 Å². The van der Waals surface area contributed by atoms with E-state index in [2.05, 4.69) is 10.0 Å². The molecule has 0 spiro atoms. The molecule has 0 bridgehead atoms. The molecule has 0 aliphatic rings. The number of carbonyl (C=O) groups excluding carboxylic acids is 1. The lowest BCUT2D eigenvalue weighted by atomic mass is 10.1. The van der Waals surface area contributed by atoms with E-state index in [0.29, 0.717) is 11.1 Å². The van der Waals surface area contributed by atoms with E-state index in [0.717, 1.165) is 0 Å². The second-order valence-electron chi connectivity index (χ2n) is 3.24. The second-order valence-corrected chi connectivity index (χ2v) is 5.17. The van der Waals surface area contributed by atoms with Gasteiger partial charge in [-0.05, 0) is 24.7 Å². The molecule has 88 valence electrons. The van der Waals surface area contributed by atoms with Crippen molar-refractivity contribution in [2.75, 3.05) is 14.1 Å². The number of carbonyl (C=O) groups is 1. The predicted octanol–water partition coefficient (Wildman–Crippen LogP) is 0.0954. The van der Waals surface area contributed by atoms with Crippen molar-refractivity contribution in [2.24, 2.45) is 0 Å². The van der Waals surface area contributed by atoms with Crippen molar-refractivity contribution in [1.82, 2.24) is 10.0 Å². The molecule has 1 rings (SSSR count). The third-order valence-corrected chi connectivity index (χ3v) is 3.45. The highest BCUT2D eigenvalue weighted by molar-refractivity contribution is 7.88. The maximum Gasteiger partial charge on any atom is 0.251 e. The highest BCUT2D eigenvalue weighted by Gasteiger charge is 2.09. The first-order valence-electron chi connectivity index (χ1n) is 4.71. The summed E-state index contributed by atoms with van der Waals surface area (Å²) in [5.74, 6) is -0.277. The summed E-state index contributed by atoms with van der Waals surface area (Å²) in [5, 5.41) is 2.49. The smallest absolute Gasteiger partial charge is 0.251 e. The first-order chi connectivity index (χ1) is 7.48. The third-order valence-electron chi connectivity index (χ3n) is 2.11. The zero-order chi connectivity index (χ0) is 12.2. The topological polar surface area (TPSA) is 75.3 Å². The fraction of sp³-hybridized carbons (Fsp3) is 0.300. The molecule has 0 aromatic heterocycles. The summed E-state index contributed by atoms with van der Waals surface area (Å²) in [6, 6.07) is 6.44. The standard InChI is InChI=1S/C10H14N2O3S/c1-11-10(13)9-5-3-8(4-6-9)7-16(14,15)12-2/h3-6,12H,7H2,1-2H3,(H,11,13). The van der Waals surface area contributed by atoms with Gasteiger partial charge >= 0.3 is 0 Å². The normalized spacial score (nSPS) is 11.1. The molecule has 0 aliphatic carbocycles. The van der Waals surface area contributed by atoms with Crippen LogP contribution in [0.5, 0.6) is 0 Å². The summed E-state index contributed by atoms with van der Waals surface area (Å²) in [6.07, 6.45) is 0. The van der Waals surface area contributed by atoms with Gasteiger partial charge in [-0.2, -0.15) is 0 Å². The Morgan fingerprint density at radius 2 is 1.75 bits per heavy atom. The van der Waals surface area contributed by atoms with Crippen molar-refractivity contribution in [1.29, 1.82) is 0 Å². The van der Waals surface area contributed by atoms with Crippen molar-refractivity contribution in [3.63, 3.8) is 0 Å². The Balaban J connectivity index is 2.84. The summed E-state index contributed by atoms with van der Waals surface area (Å²) < 4.78 is 24.7. The average molecular weight is 242 g/mol. The van der Waals surface area contributed by atoms with Gasteiger partial charge in [0.15, 0.2) is 0 Å². The minimum Gasteiger partial charge on any atom is -0.355 e. The summed E-state index contributed by atoms with van der Waals surface area (Å²) in [4.78, 5) is 11.2. The zero-order valence-corrected chi connectivity index (χ0v) is 9.97. The van der Waals surface area contributed by atoms with Gasteiger partial charge in [0.1, 0.15) is 0 Å². The molecule has 0 radical (unpaired) electrons. The van der Waals surface area contributed by atoms with Crippen LogP contribution in [0, 0.1) is 0 Å². The summed E-state index contributed by atoms with van der Waals surface area (Å²) in [5.41, 5.74) is 1.15. The van der Waals surface area contributed by atoms with Crippen LogP contribution in [0.15, 0.2) is 24.3 Å². The van der Waals surface area contributed by atoms with Crippen molar-refractivity contribution in [2.45, 2.75) is 5.75 Å². The van der Waals surface area contributed by atoms with Crippen LogP contribution < -0.4 is 10.0 Å². The van der Waals surface area contributed by atoms with Gasteiger partial charge in [0.05, 0.1) is 5.75 Å². The maximum atomic E-state index is 11.3. The lowest BCUT2D eigenvalue weighted by molar-refractivity contribution is 0.0963. The fourth-order valence-electron chi connectivity index (χ4n) is 1.19. The van der Waals surface area contributed by atoms with Gasteiger partial charge < -0.3 is 5.32 Å². The van der Waals surface area contributed by atoms with Gasteiger partial charge in [0.25, 0.3) is 5.91 Å². The first-order valence-corrected chi connectivity index (χ1v) is 6.36. The van der Waals surface area contributed by atoms with Crippen LogP contribution in [-0.4, -0.2) is 28.4 Å². The van der Waals surface area contributed by atoms with Gasteiger partial charge in [-0.1, -0.05) is 12.1 Å². The molecule has 5 nitrogen and oxygen atoms in total. The Hall–Kier alpha value is -1.40. The zero-order valence-electron chi connectivity index (χ0n) is 9.15. The number of sulfonamides is 1. The van der Waals surface area contributed by atoms with Crippen LogP contribution in [0.3, 0.4) is 0 Å². The number of nitrogens with one attached hydrogen (secondary N) is 2. The van der Waals surface area contributed by atoms with E-state index in [1.807, 2.05) is 0 Å². The van der Waals surface area contributed by atoms with Crippen LogP contribution in [0.1, 0.15) is 15.9 Å². The average Bonchev–Trinajstić information content (AvgIpc) is 2.28. The van der Waals surface area contributed by atoms with Crippen LogP contribution in [0.4, 0.5) is 0 Å². The molecular weight excluding hydrogens is 228 g/mol. The molecule has 1 amide bonds. The molecule has 0 saturated heterocycles. The number of benzene rings is 1. The highest BCUT2D eigenvalue weighted by Crippen LogP contribution is 2.07. The molecule has 0 saturated carbocycles. The predicted molar refractivity (Wildman–Crippen MR) is 61.5 cm³/mol. The molecule has 0 atom stereocenters. The molecular formula is C10H14N2O3S. The van der Waals surface area contributed by atoms with E-state index in [1.165, 1.54) is 7.05 Å². The summed E-state index contributed by atoms with van der Waals surface area (Å²) in [7, 11) is -0.349. The molecule has 0 heterocycles. The number of hydrogen-bond donors (Lipinski definition) is 2. The Kier molecular flexibility index (Phi) is 4.03. The number of amides is 1. The van der Waals surface area contributed by atoms with Crippen molar-refractivity contribution < 1.29 is 13.2 Å². The highest BCUT2D eigenvalue weighted by atomic mass is 32.2. The van der Waals surface area contributed by atoms with E-state index >= 15 is 0 Å². The molecule has 1 aromatic rings. The molecule has 2 N–H and O–H groups in total. The molecule has 0 fully saturated rings. The molecule has 0 unspecified atom stereocenters. The van der Waals surface area contributed by atoms with E-state index in [9.17, 15) is 13.2 Å². The van der Waals surface area contributed by atoms with Gasteiger partial charge in [0.2, 0.25) is 10.0 Å². The van der Waals surface area contributed by atoms with Crippen molar-refractivity contribution >= 4 is 15.9 Å². The van der Waals surface area contributed by atoms with E-state index < -0.39 is 10.0 Å². The van der Waals surface area contributed by atoms with Gasteiger partial charge in [-0.25, -0.2) is 13.1 Å². The maximum absolute atomic E-state index is 11.3. The summed E-state index contributed by atoms with van der Waals surface area (Å²) >= 11 is 0. The van der Waals surface area contributed by atoms with E-state index in [1.54, 1.807) is 31.3 Å². The van der Waals surface area contributed by atoms with Crippen LogP contribution in [0.25, 0.3) is 0 Å². The van der Waals surface area contributed by atoms with Crippen molar-refractivity contribution in [3.05, 3.63) is 35.4 Å². The van der Waals surface area contributed by atoms with E-state index in [4.69, 9.17) is 0 Å². The lowest BCUT2D eigenvalue weighted by Crippen LogP contribution is -2.20. The molecule has 16 heavy (non-hydrogen) atoms. The SMILES string of the molecule is CNC(=O)c1ccc(CS(=O)(=O)NC)cc1. The van der Waals surface area contributed by atoms with Gasteiger partial charge in [0, 0.05) is 12.6 Å². The third kappa shape index (κ3) is 3.32. The summed E-state index contributed by atoms with van der Waals surface area (Å²) in [6.45, 7) is 0. The minimum absolute atomic E-state index is 0.0858. The van der Waals surface area contributed by atoms with Gasteiger partial charge in [-0.3, -0.25) is 4.79 Å². The molecule has 0 aliphatic heterocycles. The monoisotopic (exact) mass is 242 g/mol.